The molecule has 0 aromatic heterocycles. The zero-order valence-corrected chi connectivity index (χ0v) is 17.8. The van der Waals surface area contributed by atoms with Crippen LogP contribution in [0.3, 0.4) is 0 Å². The number of unbranched alkanes of at least 4 members (excludes halogenated alkanes) is 7. The van der Waals surface area contributed by atoms with Gasteiger partial charge in [0.25, 0.3) is 0 Å². The zero-order chi connectivity index (χ0) is 20.0. The van der Waals surface area contributed by atoms with Crippen LogP contribution in [-0.4, -0.2) is 11.7 Å². The van der Waals surface area contributed by atoms with Gasteiger partial charge in [-0.15, -0.1) is 0 Å². The summed E-state index contributed by atoms with van der Waals surface area (Å²) in [5.41, 5.74) is 1.74. The van der Waals surface area contributed by atoms with Gasteiger partial charge in [-0.1, -0.05) is 76.7 Å². The molecule has 0 bridgehead atoms. The first kappa shape index (κ1) is 22.3. The fourth-order valence-electron chi connectivity index (χ4n) is 2.95. The summed E-state index contributed by atoms with van der Waals surface area (Å²) in [7, 11) is 0. The fourth-order valence-corrected chi connectivity index (χ4v) is 3.69. The van der Waals surface area contributed by atoms with Gasteiger partial charge in [-0.25, -0.2) is 0 Å². The molecule has 0 spiro atoms. The summed E-state index contributed by atoms with van der Waals surface area (Å²) >= 11 is 1.24. The lowest BCUT2D eigenvalue weighted by Crippen LogP contribution is -1.98. The van der Waals surface area contributed by atoms with E-state index in [4.69, 9.17) is 4.74 Å². The van der Waals surface area contributed by atoms with Gasteiger partial charge >= 0.3 is 0 Å². The Labute approximate surface area is 174 Å². The highest BCUT2D eigenvalue weighted by atomic mass is 32.2. The molecule has 28 heavy (non-hydrogen) atoms. The smallest absolute Gasteiger partial charge is 0.224 e. The lowest BCUT2D eigenvalue weighted by Gasteiger charge is -2.07. The van der Waals surface area contributed by atoms with Crippen molar-refractivity contribution >= 4 is 23.0 Å². The van der Waals surface area contributed by atoms with Crippen LogP contribution >= 0.6 is 11.8 Å². The summed E-state index contributed by atoms with van der Waals surface area (Å²) in [6.45, 7) is 6.73. The first-order valence-electron chi connectivity index (χ1n) is 10.4. The van der Waals surface area contributed by atoms with Crippen molar-refractivity contribution in [1.82, 2.24) is 0 Å². The summed E-state index contributed by atoms with van der Waals surface area (Å²) < 4.78 is 5.80. The van der Waals surface area contributed by atoms with Crippen LogP contribution in [0.5, 0.6) is 5.75 Å². The van der Waals surface area contributed by atoms with Gasteiger partial charge in [-0.05, 0) is 60.1 Å². The van der Waals surface area contributed by atoms with Gasteiger partial charge in [0, 0.05) is 10.5 Å². The molecule has 2 rings (SSSR count). The van der Waals surface area contributed by atoms with Crippen LogP contribution in [0.2, 0.25) is 0 Å². The number of carbonyl (C=O) groups excluding carboxylic acids is 1. The molecule has 0 unspecified atom stereocenters. The van der Waals surface area contributed by atoms with Crippen LogP contribution in [0.15, 0.2) is 60.0 Å². The van der Waals surface area contributed by atoms with Crippen molar-refractivity contribution in [2.45, 2.75) is 63.2 Å². The largest absolute Gasteiger partial charge is 0.494 e. The molecule has 0 aliphatic heterocycles. The van der Waals surface area contributed by atoms with E-state index in [9.17, 15) is 4.79 Å². The standard InChI is InChI=1S/C25H32O2S/c1-3-5-6-7-8-9-10-11-20-27-23-16-14-22(15-17-23)25(26)28-24-18-12-21(4-2)13-19-24/h4,12-19H,2-3,5-11,20H2,1H3. The van der Waals surface area contributed by atoms with Crippen molar-refractivity contribution in [2.75, 3.05) is 6.61 Å². The first-order valence-corrected chi connectivity index (χ1v) is 11.2. The van der Waals surface area contributed by atoms with E-state index in [0.29, 0.717) is 5.56 Å². The van der Waals surface area contributed by atoms with E-state index in [1.165, 1.54) is 56.7 Å². The van der Waals surface area contributed by atoms with Gasteiger partial charge in [0.15, 0.2) is 0 Å². The average molecular weight is 397 g/mol. The van der Waals surface area contributed by atoms with Crippen molar-refractivity contribution in [1.29, 1.82) is 0 Å². The van der Waals surface area contributed by atoms with Crippen molar-refractivity contribution in [2.24, 2.45) is 0 Å². The van der Waals surface area contributed by atoms with E-state index in [1.807, 2.05) is 48.5 Å². The van der Waals surface area contributed by atoms with E-state index >= 15 is 0 Å². The van der Waals surface area contributed by atoms with Crippen molar-refractivity contribution in [3.05, 3.63) is 66.2 Å². The third-order valence-corrected chi connectivity index (χ3v) is 5.61. The second-order valence-electron chi connectivity index (χ2n) is 7.01. The summed E-state index contributed by atoms with van der Waals surface area (Å²) in [6.07, 6.45) is 12.1. The van der Waals surface area contributed by atoms with E-state index < -0.39 is 0 Å². The minimum atomic E-state index is 0.0426. The second-order valence-corrected chi connectivity index (χ2v) is 8.06. The number of hydrogen-bond acceptors (Lipinski definition) is 3. The molecule has 0 aliphatic carbocycles. The number of hydrogen-bond donors (Lipinski definition) is 0. The molecule has 0 radical (unpaired) electrons. The third-order valence-electron chi connectivity index (χ3n) is 4.68. The number of carbonyl (C=O) groups is 1. The van der Waals surface area contributed by atoms with Crippen LogP contribution in [0.4, 0.5) is 0 Å². The molecule has 2 aromatic carbocycles. The van der Waals surface area contributed by atoms with Gasteiger partial charge in [-0.3, -0.25) is 4.79 Å². The molecule has 0 saturated heterocycles. The Bertz CT molecular complexity index is 704. The molecule has 0 amide bonds. The summed E-state index contributed by atoms with van der Waals surface area (Å²) in [5, 5.41) is 0.0426. The molecule has 0 saturated carbocycles. The molecule has 3 heteroatoms. The molecule has 2 aromatic rings. The first-order chi connectivity index (χ1) is 13.7. The van der Waals surface area contributed by atoms with Gasteiger partial charge in [-0.2, -0.15) is 0 Å². The van der Waals surface area contributed by atoms with E-state index in [2.05, 4.69) is 13.5 Å². The maximum absolute atomic E-state index is 12.4. The van der Waals surface area contributed by atoms with Gasteiger partial charge in [0.1, 0.15) is 5.75 Å². The monoisotopic (exact) mass is 396 g/mol. The summed E-state index contributed by atoms with van der Waals surface area (Å²) in [5.74, 6) is 0.833. The van der Waals surface area contributed by atoms with Crippen molar-refractivity contribution < 1.29 is 9.53 Å². The molecule has 0 atom stereocenters. The quantitative estimate of drug-likeness (QED) is 0.255. The highest BCUT2D eigenvalue weighted by Crippen LogP contribution is 2.24. The van der Waals surface area contributed by atoms with Crippen molar-refractivity contribution in [3.63, 3.8) is 0 Å². The zero-order valence-electron chi connectivity index (χ0n) is 17.0. The SMILES string of the molecule is C=Cc1ccc(SC(=O)c2ccc(OCCCCCCCCCC)cc2)cc1. The fraction of sp³-hybridized carbons (Fsp3) is 0.400. The number of benzene rings is 2. The molecule has 0 aliphatic rings. The lowest BCUT2D eigenvalue weighted by molar-refractivity contribution is 0.108. The topological polar surface area (TPSA) is 26.3 Å². The molecule has 0 fully saturated rings. The van der Waals surface area contributed by atoms with E-state index in [-0.39, 0.29) is 5.12 Å². The van der Waals surface area contributed by atoms with Gasteiger partial charge in [0.05, 0.1) is 6.61 Å². The predicted molar refractivity (Wildman–Crippen MR) is 121 cm³/mol. The second kappa shape index (κ2) is 13.2. The summed E-state index contributed by atoms with van der Waals surface area (Å²) in [6, 6.07) is 15.3. The minimum absolute atomic E-state index is 0.0426. The Balaban J connectivity index is 1.66. The summed E-state index contributed by atoms with van der Waals surface area (Å²) in [4.78, 5) is 13.3. The normalized spacial score (nSPS) is 10.6. The van der Waals surface area contributed by atoms with Gasteiger partial charge < -0.3 is 4.74 Å². The Morgan fingerprint density at radius 3 is 2.11 bits per heavy atom. The Kier molecular flexibility index (Phi) is 10.5. The van der Waals surface area contributed by atoms with Crippen LogP contribution in [-0.2, 0) is 0 Å². The number of thioether (sulfide) groups is 1. The Hall–Kier alpha value is -2.00. The van der Waals surface area contributed by atoms with Crippen molar-refractivity contribution in [3.8, 4) is 5.75 Å². The molecule has 150 valence electrons. The predicted octanol–water partition coefficient (Wildman–Crippen LogP) is 7.78. The van der Waals surface area contributed by atoms with Gasteiger partial charge in [0.2, 0.25) is 5.12 Å². The van der Waals surface area contributed by atoms with E-state index in [0.717, 1.165) is 29.2 Å². The molecule has 0 heterocycles. The highest BCUT2D eigenvalue weighted by molar-refractivity contribution is 8.14. The van der Waals surface area contributed by atoms with Crippen LogP contribution in [0.1, 0.15) is 74.2 Å². The third kappa shape index (κ3) is 8.35. The van der Waals surface area contributed by atoms with Crippen LogP contribution in [0, 0.1) is 0 Å². The maximum Gasteiger partial charge on any atom is 0.224 e. The molecule has 0 N–H and O–H groups in total. The molecular formula is C25H32O2S. The van der Waals surface area contributed by atoms with Crippen LogP contribution < -0.4 is 4.74 Å². The number of ether oxygens (including phenoxy) is 1. The Morgan fingerprint density at radius 1 is 0.893 bits per heavy atom. The molecular weight excluding hydrogens is 364 g/mol. The van der Waals surface area contributed by atoms with Crippen LogP contribution in [0.25, 0.3) is 6.08 Å². The van der Waals surface area contributed by atoms with E-state index in [1.54, 1.807) is 6.08 Å². The maximum atomic E-state index is 12.4. The minimum Gasteiger partial charge on any atom is -0.494 e. The number of rotatable bonds is 13. The lowest BCUT2D eigenvalue weighted by atomic mass is 10.1. The molecule has 2 nitrogen and oxygen atoms in total. The highest BCUT2D eigenvalue weighted by Gasteiger charge is 2.08. The Morgan fingerprint density at radius 2 is 1.50 bits per heavy atom. The average Bonchev–Trinajstić information content (AvgIpc) is 2.73.